The molecule has 0 aromatic carbocycles. The summed E-state index contributed by atoms with van der Waals surface area (Å²) < 4.78 is 1.84. The van der Waals surface area contributed by atoms with Gasteiger partial charge in [-0.25, -0.2) is 0 Å². The highest BCUT2D eigenvalue weighted by Crippen LogP contribution is 2.25. The van der Waals surface area contributed by atoms with E-state index in [0.717, 1.165) is 13.1 Å². The van der Waals surface area contributed by atoms with Crippen molar-refractivity contribution in [1.82, 2.24) is 19.6 Å². The summed E-state index contributed by atoms with van der Waals surface area (Å²) in [4.78, 5) is 4.78. The molecule has 17 heavy (non-hydrogen) atoms. The predicted molar refractivity (Wildman–Crippen MR) is 68.7 cm³/mol. The van der Waals surface area contributed by atoms with Gasteiger partial charge in [0.25, 0.3) is 0 Å². The fourth-order valence-electron chi connectivity index (χ4n) is 2.58. The molecule has 1 aliphatic heterocycles. The molecule has 2 heterocycles. The van der Waals surface area contributed by atoms with Gasteiger partial charge in [0, 0.05) is 44.5 Å². The van der Waals surface area contributed by atoms with Crippen LogP contribution in [0.5, 0.6) is 0 Å². The van der Waals surface area contributed by atoms with E-state index in [1.807, 2.05) is 17.9 Å². The summed E-state index contributed by atoms with van der Waals surface area (Å²) in [6.45, 7) is 2.88. The van der Waals surface area contributed by atoms with Crippen molar-refractivity contribution in [2.75, 3.05) is 33.7 Å². The molecule has 5 heteroatoms. The lowest BCUT2D eigenvalue weighted by molar-refractivity contribution is 0.220. The Kier molecular flexibility index (Phi) is 3.81. The maximum absolute atomic E-state index is 5.92. The van der Waals surface area contributed by atoms with E-state index in [1.165, 1.54) is 12.0 Å². The zero-order valence-corrected chi connectivity index (χ0v) is 11.0. The van der Waals surface area contributed by atoms with Crippen LogP contribution < -0.4 is 5.73 Å². The van der Waals surface area contributed by atoms with Gasteiger partial charge < -0.3 is 10.6 Å². The minimum Gasteiger partial charge on any atom is -0.329 e. The van der Waals surface area contributed by atoms with Gasteiger partial charge in [0.15, 0.2) is 0 Å². The molecule has 5 nitrogen and oxygen atoms in total. The zero-order chi connectivity index (χ0) is 12.4. The quantitative estimate of drug-likeness (QED) is 0.804. The molecule has 2 unspecified atom stereocenters. The van der Waals surface area contributed by atoms with Crippen molar-refractivity contribution in [3.8, 4) is 0 Å². The first kappa shape index (κ1) is 12.5. The van der Waals surface area contributed by atoms with Crippen LogP contribution in [0.25, 0.3) is 0 Å². The first-order valence-electron chi connectivity index (χ1n) is 6.21. The van der Waals surface area contributed by atoms with Crippen LogP contribution in [0.2, 0.25) is 0 Å². The van der Waals surface area contributed by atoms with Crippen molar-refractivity contribution in [2.24, 2.45) is 12.8 Å². The van der Waals surface area contributed by atoms with Crippen LogP contribution in [-0.2, 0) is 7.05 Å². The molecule has 1 saturated heterocycles. The number of hydrogen-bond acceptors (Lipinski definition) is 4. The summed E-state index contributed by atoms with van der Waals surface area (Å²) in [5.74, 6) is 0. The highest BCUT2D eigenvalue weighted by molar-refractivity contribution is 5.12. The zero-order valence-electron chi connectivity index (χ0n) is 11.0. The molecule has 2 atom stereocenters. The van der Waals surface area contributed by atoms with Gasteiger partial charge in [-0.3, -0.25) is 9.58 Å². The SMILES string of the molecule is CN(C)C1CCN(C(CN)c2cnn(C)c2)C1. The summed E-state index contributed by atoms with van der Waals surface area (Å²) >= 11 is 0. The summed E-state index contributed by atoms with van der Waals surface area (Å²) in [5, 5.41) is 4.24. The van der Waals surface area contributed by atoms with Crippen LogP contribution in [0, 0.1) is 0 Å². The van der Waals surface area contributed by atoms with E-state index < -0.39 is 0 Å². The molecule has 1 aliphatic rings. The Morgan fingerprint density at radius 2 is 2.35 bits per heavy atom. The van der Waals surface area contributed by atoms with Crippen LogP contribution in [-0.4, -0.2) is 59.4 Å². The van der Waals surface area contributed by atoms with Gasteiger partial charge in [-0.2, -0.15) is 5.10 Å². The highest BCUT2D eigenvalue weighted by atomic mass is 15.3. The number of nitrogens with zero attached hydrogens (tertiary/aromatic N) is 4. The molecular formula is C12H23N5. The molecule has 0 amide bonds. The van der Waals surface area contributed by atoms with Gasteiger partial charge in [-0.15, -0.1) is 0 Å². The molecule has 0 saturated carbocycles. The Balaban J connectivity index is 2.05. The minimum absolute atomic E-state index is 0.314. The second kappa shape index (κ2) is 5.16. The lowest BCUT2D eigenvalue weighted by Gasteiger charge is -2.27. The molecule has 0 bridgehead atoms. The van der Waals surface area contributed by atoms with Crippen LogP contribution in [0.4, 0.5) is 0 Å². The van der Waals surface area contributed by atoms with Gasteiger partial charge >= 0.3 is 0 Å². The molecule has 1 aromatic rings. The smallest absolute Gasteiger partial charge is 0.0538 e. The summed E-state index contributed by atoms with van der Waals surface area (Å²) in [5.41, 5.74) is 7.15. The predicted octanol–water partition coefficient (Wildman–Crippen LogP) is 0.0558. The largest absolute Gasteiger partial charge is 0.329 e. The van der Waals surface area contributed by atoms with Gasteiger partial charge in [-0.05, 0) is 20.5 Å². The molecule has 96 valence electrons. The van der Waals surface area contributed by atoms with E-state index in [2.05, 4.69) is 35.2 Å². The number of aromatic nitrogens is 2. The maximum atomic E-state index is 5.92. The Morgan fingerprint density at radius 1 is 1.59 bits per heavy atom. The molecule has 2 N–H and O–H groups in total. The molecule has 1 fully saturated rings. The van der Waals surface area contributed by atoms with Crippen molar-refractivity contribution in [3.05, 3.63) is 18.0 Å². The highest BCUT2D eigenvalue weighted by Gasteiger charge is 2.29. The van der Waals surface area contributed by atoms with E-state index in [0.29, 0.717) is 18.6 Å². The average molecular weight is 237 g/mol. The molecule has 0 spiro atoms. The fourth-order valence-corrected chi connectivity index (χ4v) is 2.58. The second-order valence-electron chi connectivity index (χ2n) is 5.10. The first-order chi connectivity index (χ1) is 8.11. The third kappa shape index (κ3) is 2.68. The standard InChI is InChI=1S/C12H23N5/c1-15(2)11-4-5-17(9-11)12(6-13)10-7-14-16(3)8-10/h7-8,11-12H,4-6,9,13H2,1-3H3. The van der Waals surface area contributed by atoms with E-state index in [1.54, 1.807) is 0 Å². The van der Waals surface area contributed by atoms with Gasteiger partial charge in [0.1, 0.15) is 0 Å². The van der Waals surface area contributed by atoms with Crippen molar-refractivity contribution >= 4 is 0 Å². The average Bonchev–Trinajstić information content (AvgIpc) is 2.89. The number of likely N-dealkylation sites (N-methyl/N-ethyl adjacent to an activating group) is 1. The number of aryl methyl sites for hydroxylation is 1. The lowest BCUT2D eigenvalue weighted by atomic mass is 10.1. The Bertz CT molecular complexity index is 360. The van der Waals surface area contributed by atoms with Gasteiger partial charge in [0.2, 0.25) is 0 Å². The van der Waals surface area contributed by atoms with E-state index in [-0.39, 0.29) is 0 Å². The molecule has 1 aromatic heterocycles. The minimum atomic E-state index is 0.314. The van der Waals surface area contributed by atoms with Crippen LogP contribution in [0.3, 0.4) is 0 Å². The molecule has 0 aliphatic carbocycles. The Morgan fingerprint density at radius 3 is 2.82 bits per heavy atom. The van der Waals surface area contributed by atoms with E-state index in [4.69, 9.17) is 5.73 Å². The molecular weight excluding hydrogens is 214 g/mol. The number of hydrogen-bond donors (Lipinski definition) is 1. The van der Waals surface area contributed by atoms with Crippen molar-refractivity contribution in [2.45, 2.75) is 18.5 Å². The summed E-state index contributed by atoms with van der Waals surface area (Å²) in [6.07, 6.45) is 5.23. The van der Waals surface area contributed by atoms with E-state index >= 15 is 0 Å². The molecule has 0 radical (unpaired) electrons. The van der Waals surface area contributed by atoms with Crippen LogP contribution in [0.1, 0.15) is 18.0 Å². The summed E-state index contributed by atoms with van der Waals surface area (Å²) in [6, 6.07) is 0.967. The normalized spacial score (nSPS) is 23.5. The van der Waals surface area contributed by atoms with Gasteiger partial charge in [0.05, 0.1) is 12.2 Å². The third-order valence-electron chi connectivity index (χ3n) is 3.70. The first-order valence-corrected chi connectivity index (χ1v) is 6.21. The third-order valence-corrected chi connectivity index (χ3v) is 3.70. The topological polar surface area (TPSA) is 50.3 Å². The monoisotopic (exact) mass is 237 g/mol. The lowest BCUT2D eigenvalue weighted by Crippen LogP contribution is -2.35. The number of nitrogens with two attached hydrogens (primary N) is 1. The van der Waals surface area contributed by atoms with Crippen LogP contribution in [0.15, 0.2) is 12.4 Å². The Labute approximate surface area is 103 Å². The van der Waals surface area contributed by atoms with Crippen molar-refractivity contribution < 1.29 is 0 Å². The fraction of sp³-hybridized carbons (Fsp3) is 0.750. The van der Waals surface area contributed by atoms with Gasteiger partial charge in [-0.1, -0.05) is 0 Å². The second-order valence-corrected chi connectivity index (χ2v) is 5.10. The molecule has 2 rings (SSSR count). The maximum Gasteiger partial charge on any atom is 0.0538 e. The Hall–Kier alpha value is -0.910. The van der Waals surface area contributed by atoms with Crippen molar-refractivity contribution in [1.29, 1.82) is 0 Å². The van der Waals surface area contributed by atoms with E-state index in [9.17, 15) is 0 Å². The summed E-state index contributed by atoms with van der Waals surface area (Å²) in [7, 11) is 6.25. The van der Waals surface area contributed by atoms with Crippen LogP contribution >= 0.6 is 0 Å². The number of rotatable bonds is 4. The number of likely N-dealkylation sites (tertiary alicyclic amines) is 1. The van der Waals surface area contributed by atoms with Crippen molar-refractivity contribution in [3.63, 3.8) is 0 Å².